The van der Waals surface area contributed by atoms with Gasteiger partial charge in [-0.15, -0.1) is 0 Å². The van der Waals surface area contributed by atoms with Crippen LogP contribution in [-0.2, 0) is 16.1 Å². The van der Waals surface area contributed by atoms with Gasteiger partial charge in [-0.05, 0) is 51.1 Å². The van der Waals surface area contributed by atoms with Crippen LogP contribution in [0.15, 0.2) is 30.0 Å². The van der Waals surface area contributed by atoms with Crippen molar-refractivity contribution < 1.29 is 13.9 Å². The van der Waals surface area contributed by atoms with Gasteiger partial charge in [-0.25, -0.2) is 4.39 Å². The highest BCUT2D eigenvalue weighted by Crippen LogP contribution is 2.27. The van der Waals surface area contributed by atoms with Gasteiger partial charge in [0.15, 0.2) is 0 Å². The quantitative estimate of drug-likeness (QED) is 0.785. The molecular formula is C22H22FN3O2. The molecule has 6 heteroatoms. The minimum Gasteiger partial charge on any atom is -0.495 e. The number of benzene rings is 1. The van der Waals surface area contributed by atoms with Crippen LogP contribution < -0.4 is 15.9 Å². The lowest BCUT2D eigenvalue weighted by molar-refractivity contribution is -0.105. The zero-order valence-corrected chi connectivity index (χ0v) is 16.1. The maximum Gasteiger partial charge on any atom is 0.211 e. The lowest BCUT2D eigenvalue weighted by Crippen LogP contribution is -2.29. The van der Waals surface area contributed by atoms with E-state index in [-0.39, 0.29) is 11.7 Å². The Morgan fingerprint density at radius 1 is 1.39 bits per heavy atom. The molecule has 1 aliphatic carbocycles. The van der Waals surface area contributed by atoms with Gasteiger partial charge in [-0.1, -0.05) is 6.08 Å². The zero-order chi connectivity index (χ0) is 20.3. The fraction of sp³-hybridized carbons (Fsp3) is 0.273. The van der Waals surface area contributed by atoms with E-state index in [0.29, 0.717) is 36.3 Å². The third kappa shape index (κ3) is 3.56. The number of carbonyl (C=O) groups is 1. The van der Waals surface area contributed by atoms with Gasteiger partial charge in [-0.3, -0.25) is 4.79 Å². The molecular weight excluding hydrogens is 357 g/mol. The second-order valence-electron chi connectivity index (χ2n) is 6.71. The molecule has 1 heterocycles. The third-order valence-corrected chi connectivity index (χ3v) is 4.54. The first-order valence-electron chi connectivity index (χ1n) is 9.20. The molecule has 144 valence electrons. The summed E-state index contributed by atoms with van der Waals surface area (Å²) in [5.41, 5.74) is 1.66. The van der Waals surface area contributed by atoms with Gasteiger partial charge in [0.2, 0.25) is 6.41 Å². The smallest absolute Gasteiger partial charge is 0.211 e. The second kappa shape index (κ2) is 8.13. The maximum absolute atomic E-state index is 14.7. The fourth-order valence-corrected chi connectivity index (χ4v) is 3.46. The summed E-state index contributed by atoms with van der Waals surface area (Å²) in [7, 11) is 0. The average molecular weight is 379 g/mol. The molecule has 0 saturated carbocycles. The number of amides is 1. The Balaban J connectivity index is 2.29. The lowest BCUT2D eigenvalue weighted by Gasteiger charge is -2.12. The molecule has 1 N–H and O–H groups in total. The van der Waals surface area contributed by atoms with E-state index < -0.39 is 5.82 Å². The molecule has 0 bridgehead atoms. The first kappa shape index (κ1) is 19.4. The van der Waals surface area contributed by atoms with E-state index in [2.05, 4.69) is 11.4 Å². The SMILES string of the molecule is CCn1c(-c2cc(NC=O)ccc2F)c(C#N)c2c1=CCC(OC(C)C)=CC=2. The van der Waals surface area contributed by atoms with Crippen LogP contribution in [0.4, 0.5) is 10.1 Å². The third-order valence-electron chi connectivity index (χ3n) is 4.54. The Kier molecular flexibility index (Phi) is 5.65. The Hall–Kier alpha value is -3.33. The number of nitriles is 1. The topological polar surface area (TPSA) is 67.0 Å². The van der Waals surface area contributed by atoms with Crippen LogP contribution in [0.2, 0.25) is 0 Å². The van der Waals surface area contributed by atoms with Crippen molar-refractivity contribution in [3.8, 4) is 17.3 Å². The van der Waals surface area contributed by atoms with Crippen LogP contribution in [0.1, 0.15) is 32.8 Å². The lowest BCUT2D eigenvalue weighted by atomic mass is 10.1. The molecule has 0 aliphatic heterocycles. The molecule has 5 nitrogen and oxygen atoms in total. The highest BCUT2D eigenvalue weighted by atomic mass is 19.1. The fourth-order valence-electron chi connectivity index (χ4n) is 3.46. The summed E-state index contributed by atoms with van der Waals surface area (Å²) in [4.78, 5) is 10.8. The summed E-state index contributed by atoms with van der Waals surface area (Å²) >= 11 is 0. The van der Waals surface area contributed by atoms with Crippen LogP contribution in [-0.4, -0.2) is 17.1 Å². The number of nitrogens with zero attached hydrogens (tertiary/aromatic N) is 2. The van der Waals surface area contributed by atoms with E-state index in [9.17, 15) is 14.4 Å². The summed E-state index contributed by atoms with van der Waals surface area (Å²) in [5.74, 6) is 0.373. The van der Waals surface area contributed by atoms with E-state index >= 15 is 0 Å². The first-order valence-corrected chi connectivity index (χ1v) is 9.20. The van der Waals surface area contributed by atoms with Gasteiger partial charge < -0.3 is 14.6 Å². The summed E-state index contributed by atoms with van der Waals surface area (Å²) in [6.45, 7) is 6.45. The van der Waals surface area contributed by atoms with Gasteiger partial charge in [0, 0.05) is 34.8 Å². The molecule has 0 saturated heterocycles. The van der Waals surface area contributed by atoms with Crippen LogP contribution in [0.25, 0.3) is 23.4 Å². The number of aromatic nitrogens is 1. The number of halogens is 1. The molecule has 0 fully saturated rings. The normalized spacial score (nSPS) is 12.8. The predicted octanol–water partition coefficient (Wildman–Crippen LogP) is 3.03. The van der Waals surface area contributed by atoms with Crippen molar-refractivity contribution in [1.82, 2.24) is 4.57 Å². The number of anilines is 1. The van der Waals surface area contributed by atoms with Crippen molar-refractivity contribution in [3.63, 3.8) is 0 Å². The van der Waals surface area contributed by atoms with Gasteiger partial charge in [0.05, 0.1) is 17.4 Å². The molecule has 0 radical (unpaired) electrons. The number of ether oxygens (including phenoxy) is 1. The van der Waals surface area contributed by atoms with Gasteiger partial charge >= 0.3 is 0 Å². The largest absolute Gasteiger partial charge is 0.495 e. The molecule has 3 rings (SSSR count). The van der Waals surface area contributed by atoms with E-state index in [1.165, 1.54) is 12.1 Å². The van der Waals surface area contributed by atoms with Gasteiger partial charge in [0.25, 0.3) is 0 Å². The standard InChI is InChI=1S/C22H22FN3O2/c1-4-26-21-10-7-16(28-14(2)3)6-8-17(21)19(12-24)22(26)18-11-15(25-13-27)5-9-20(18)23/h5-6,8-11,13-14H,4,7H2,1-3H3,(H,25,27). The number of hydrogen-bond donors (Lipinski definition) is 1. The van der Waals surface area contributed by atoms with Crippen LogP contribution in [0.5, 0.6) is 0 Å². The second-order valence-corrected chi connectivity index (χ2v) is 6.71. The number of carbonyl (C=O) groups excluding carboxylic acids is 1. The summed E-state index contributed by atoms with van der Waals surface area (Å²) in [6.07, 6.45) is 6.92. The van der Waals surface area contributed by atoms with E-state index in [1.807, 2.05) is 43.6 Å². The molecule has 0 spiro atoms. The summed E-state index contributed by atoms with van der Waals surface area (Å²) < 4.78 is 22.4. The molecule has 28 heavy (non-hydrogen) atoms. The highest BCUT2D eigenvalue weighted by Gasteiger charge is 2.20. The van der Waals surface area contributed by atoms with E-state index in [1.54, 1.807) is 6.07 Å². The van der Waals surface area contributed by atoms with Crippen molar-refractivity contribution >= 4 is 24.2 Å². The van der Waals surface area contributed by atoms with Crippen LogP contribution in [0.3, 0.4) is 0 Å². The van der Waals surface area contributed by atoms with Crippen LogP contribution >= 0.6 is 0 Å². The number of hydrogen-bond acceptors (Lipinski definition) is 3. The van der Waals surface area contributed by atoms with E-state index in [4.69, 9.17) is 4.74 Å². The Bertz CT molecular complexity index is 1100. The van der Waals surface area contributed by atoms with Crippen LogP contribution in [0, 0.1) is 17.1 Å². The Labute approximate surface area is 163 Å². The molecule has 1 amide bonds. The van der Waals surface area contributed by atoms with Crippen molar-refractivity contribution in [2.75, 3.05) is 5.32 Å². The monoisotopic (exact) mass is 379 g/mol. The minimum absolute atomic E-state index is 0.0620. The van der Waals surface area contributed by atoms with Gasteiger partial charge in [-0.2, -0.15) is 5.26 Å². The van der Waals surface area contributed by atoms with Crippen molar-refractivity contribution in [1.29, 1.82) is 5.26 Å². The first-order chi connectivity index (χ1) is 13.5. The molecule has 0 unspecified atom stereocenters. The minimum atomic E-state index is -0.449. The molecule has 1 aromatic heterocycles. The Morgan fingerprint density at radius 2 is 2.18 bits per heavy atom. The molecule has 1 aromatic carbocycles. The highest BCUT2D eigenvalue weighted by molar-refractivity contribution is 5.78. The molecule has 0 atom stereocenters. The average Bonchev–Trinajstić information content (AvgIpc) is 2.83. The summed E-state index contributed by atoms with van der Waals surface area (Å²) in [5, 5.41) is 14.0. The number of rotatable bonds is 6. The predicted molar refractivity (Wildman–Crippen MR) is 107 cm³/mol. The van der Waals surface area contributed by atoms with Crippen molar-refractivity contribution in [2.45, 2.75) is 39.8 Å². The zero-order valence-electron chi connectivity index (χ0n) is 16.1. The van der Waals surface area contributed by atoms with Gasteiger partial charge in [0.1, 0.15) is 17.6 Å². The Morgan fingerprint density at radius 3 is 2.82 bits per heavy atom. The summed E-state index contributed by atoms with van der Waals surface area (Å²) in [6, 6.07) is 6.57. The van der Waals surface area contributed by atoms with Crippen molar-refractivity contribution in [2.24, 2.45) is 0 Å². The number of allylic oxidation sites excluding steroid dienone is 2. The molecule has 1 aliphatic rings. The number of nitrogens with one attached hydrogen (secondary N) is 1. The number of fused-ring (bicyclic) bond motifs is 1. The maximum atomic E-state index is 14.7. The van der Waals surface area contributed by atoms with E-state index in [0.717, 1.165) is 16.3 Å². The molecule has 2 aromatic rings. The van der Waals surface area contributed by atoms with Crippen molar-refractivity contribution in [3.05, 3.63) is 52.0 Å².